The third-order valence-corrected chi connectivity index (χ3v) is 2.85. The van der Waals surface area contributed by atoms with Gasteiger partial charge in [0.1, 0.15) is 5.75 Å². The summed E-state index contributed by atoms with van der Waals surface area (Å²) >= 11 is 0. The van der Waals surface area contributed by atoms with Crippen LogP contribution in [-0.2, 0) is 16.0 Å². The molecule has 1 aromatic carbocycles. The molecular weight excluding hydrogens is 206 g/mol. The van der Waals surface area contributed by atoms with E-state index in [1.807, 2.05) is 18.2 Å². The highest BCUT2D eigenvalue weighted by Crippen LogP contribution is 2.35. The molecule has 0 heterocycles. The first kappa shape index (κ1) is 11.0. The zero-order valence-electron chi connectivity index (χ0n) is 9.23. The van der Waals surface area contributed by atoms with E-state index >= 15 is 0 Å². The molecule has 1 atom stereocenters. The van der Waals surface area contributed by atoms with Gasteiger partial charge in [-0.2, -0.15) is 0 Å². The third kappa shape index (κ3) is 2.02. The zero-order chi connectivity index (χ0) is 11.5. The lowest BCUT2D eigenvalue weighted by Gasteiger charge is -2.10. The summed E-state index contributed by atoms with van der Waals surface area (Å²) in [6.45, 7) is -0.0534. The Kier molecular flexibility index (Phi) is 3.10. The molecule has 86 valence electrons. The minimum absolute atomic E-state index is 0.0534. The second kappa shape index (κ2) is 4.53. The molecule has 1 aromatic rings. The molecule has 0 radical (unpaired) electrons. The van der Waals surface area contributed by atoms with Crippen LogP contribution in [0.5, 0.6) is 5.75 Å². The number of fused-ring (bicyclic) bond motifs is 1. The van der Waals surface area contributed by atoms with Gasteiger partial charge in [-0.05, 0) is 30.0 Å². The maximum Gasteiger partial charge on any atom is 0.343 e. The van der Waals surface area contributed by atoms with E-state index in [0.29, 0.717) is 0 Å². The highest BCUT2D eigenvalue weighted by molar-refractivity contribution is 5.71. The zero-order valence-corrected chi connectivity index (χ0v) is 9.23. The van der Waals surface area contributed by atoms with Crippen molar-refractivity contribution in [3.05, 3.63) is 29.3 Å². The van der Waals surface area contributed by atoms with Gasteiger partial charge in [0, 0.05) is 6.04 Å². The van der Waals surface area contributed by atoms with Gasteiger partial charge in [0.2, 0.25) is 0 Å². The van der Waals surface area contributed by atoms with E-state index in [0.717, 1.165) is 29.7 Å². The summed E-state index contributed by atoms with van der Waals surface area (Å²) in [6.07, 6.45) is 1.85. The number of nitrogens with two attached hydrogens (primary N) is 1. The molecule has 0 amide bonds. The first-order valence-electron chi connectivity index (χ1n) is 5.29. The van der Waals surface area contributed by atoms with Crippen molar-refractivity contribution in [1.29, 1.82) is 0 Å². The molecule has 0 spiro atoms. The Morgan fingerprint density at radius 1 is 1.56 bits per heavy atom. The first-order chi connectivity index (χ1) is 7.72. The number of methoxy groups -OCH3 is 1. The standard InChI is InChI=1S/C12H15NO3/c1-15-12(14)7-16-11-4-2-3-8-9(11)5-6-10(8)13/h2-4,10H,5-7,13H2,1H3. The van der Waals surface area contributed by atoms with E-state index in [1.165, 1.54) is 7.11 Å². The Labute approximate surface area is 94.3 Å². The van der Waals surface area contributed by atoms with E-state index in [-0.39, 0.29) is 18.6 Å². The van der Waals surface area contributed by atoms with Crippen molar-refractivity contribution in [2.75, 3.05) is 13.7 Å². The Bertz CT molecular complexity index is 403. The molecular formula is C12H15NO3. The lowest BCUT2D eigenvalue weighted by Crippen LogP contribution is -2.13. The molecule has 2 N–H and O–H groups in total. The lowest BCUT2D eigenvalue weighted by atomic mass is 10.1. The summed E-state index contributed by atoms with van der Waals surface area (Å²) in [5.41, 5.74) is 8.20. The van der Waals surface area contributed by atoms with Crippen LogP contribution >= 0.6 is 0 Å². The Balaban J connectivity index is 2.14. The number of carbonyl (C=O) groups is 1. The van der Waals surface area contributed by atoms with Crippen LogP contribution in [0.3, 0.4) is 0 Å². The van der Waals surface area contributed by atoms with Crippen molar-refractivity contribution in [2.45, 2.75) is 18.9 Å². The molecule has 1 aliphatic carbocycles. The van der Waals surface area contributed by atoms with Gasteiger partial charge in [-0.1, -0.05) is 12.1 Å². The Morgan fingerprint density at radius 2 is 2.38 bits per heavy atom. The monoisotopic (exact) mass is 221 g/mol. The molecule has 0 aliphatic heterocycles. The summed E-state index contributed by atoms with van der Waals surface area (Å²) in [5.74, 6) is 0.371. The maximum atomic E-state index is 11.0. The van der Waals surface area contributed by atoms with Crippen LogP contribution < -0.4 is 10.5 Å². The van der Waals surface area contributed by atoms with Gasteiger partial charge in [0.15, 0.2) is 6.61 Å². The minimum atomic E-state index is -0.375. The fourth-order valence-corrected chi connectivity index (χ4v) is 1.98. The van der Waals surface area contributed by atoms with Crippen molar-refractivity contribution in [2.24, 2.45) is 5.73 Å². The molecule has 1 aliphatic rings. The van der Waals surface area contributed by atoms with E-state index in [9.17, 15) is 4.79 Å². The predicted molar refractivity (Wildman–Crippen MR) is 59.2 cm³/mol. The number of carbonyl (C=O) groups excluding carboxylic acids is 1. The van der Waals surface area contributed by atoms with E-state index < -0.39 is 0 Å². The Hall–Kier alpha value is -1.55. The van der Waals surface area contributed by atoms with E-state index in [2.05, 4.69) is 4.74 Å². The topological polar surface area (TPSA) is 61.5 Å². The van der Waals surface area contributed by atoms with E-state index in [4.69, 9.17) is 10.5 Å². The minimum Gasteiger partial charge on any atom is -0.482 e. The summed E-state index contributed by atoms with van der Waals surface area (Å²) in [6, 6.07) is 5.87. The number of esters is 1. The van der Waals surface area contributed by atoms with Crippen LogP contribution in [0, 0.1) is 0 Å². The van der Waals surface area contributed by atoms with Crippen LogP contribution in [0.25, 0.3) is 0 Å². The smallest absolute Gasteiger partial charge is 0.343 e. The molecule has 1 unspecified atom stereocenters. The van der Waals surface area contributed by atoms with Crippen molar-refractivity contribution in [3.63, 3.8) is 0 Å². The summed E-state index contributed by atoms with van der Waals surface area (Å²) in [5, 5.41) is 0. The second-order valence-electron chi connectivity index (χ2n) is 3.83. The molecule has 16 heavy (non-hydrogen) atoms. The molecule has 0 saturated carbocycles. The lowest BCUT2D eigenvalue weighted by molar-refractivity contribution is -0.142. The molecule has 0 fully saturated rings. The predicted octanol–water partition coefficient (Wildman–Crippen LogP) is 1.18. The van der Waals surface area contributed by atoms with Gasteiger partial charge in [-0.3, -0.25) is 0 Å². The largest absolute Gasteiger partial charge is 0.482 e. The highest BCUT2D eigenvalue weighted by atomic mass is 16.6. The molecule has 0 aromatic heterocycles. The highest BCUT2D eigenvalue weighted by Gasteiger charge is 2.22. The van der Waals surface area contributed by atoms with Crippen LogP contribution in [0.15, 0.2) is 18.2 Å². The fraction of sp³-hybridized carbons (Fsp3) is 0.417. The van der Waals surface area contributed by atoms with Crippen molar-refractivity contribution in [3.8, 4) is 5.75 Å². The molecule has 4 nitrogen and oxygen atoms in total. The van der Waals surface area contributed by atoms with Gasteiger partial charge in [-0.15, -0.1) is 0 Å². The summed E-state index contributed by atoms with van der Waals surface area (Å²) in [4.78, 5) is 11.0. The number of benzene rings is 1. The van der Waals surface area contributed by atoms with Gasteiger partial charge >= 0.3 is 5.97 Å². The molecule has 0 bridgehead atoms. The van der Waals surface area contributed by atoms with Crippen molar-refractivity contribution >= 4 is 5.97 Å². The maximum absolute atomic E-state index is 11.0. The van der Waals surface area contributed by atoms with Gasteiger partial charge in [-0.25, -0.2) is 4.79 Å². The number of hydrogen-bond donors (Lipinski definition) is 1. The normalized spacial score (nSPS) is 18.0. The fourth-order valence-electron chi connectivity index (χ4n) is 1.98. The average Bonchev–Trinajstić information content (AvgIpc) is 2.69. The number of rotatable bonds is 3. The molecule has 2 rings (SSSR count). The van der Waals surface area contributed by atoms with Crippen LogP contribution in [-0.4, -0.2) is 19.7 Å². The van der Waals surface area contributed by atoms with Gasteiger partial charge in [0.25, 0.3) is 0 Å². The van der Waals surface area contributed by atoms with E-state index in [1.54, 1.807) is 0 Å². The van der Waals surface area contributed by atoms with Crippen LogP contribution in [0.1, 0.15) is 23.6 Å². The number of hydrogen-bond acceptors (Lipinski definition) is 4. The summed E-state index contributed by atoms with van der Waals surface area (Å²) in [7, 11) is 1.34. The first-order valence-corrected chi connectivity index (χ1v) is 5.29. The average molecular weight is 221 g/mol. The van der Waals surface area contributed by atoms with Gasteiger partial charge in [0.05, 0.1) is 7.11 Å². The Morgan fingerprint density at radius 3 is 3.12 bits per heavy atom. The van der Waals surface area contributed by atoms with Gasteiger partial charge < -0.3 is 15.2 Å². The second-order valence-corrected chi connectivity index (χ2v) is 3.83. The molecule has 4 heteroatoms. The van der Waals surface area contributed by atoms with Crippen LogP contribution in [0.2, 0.25) is 0 Å². The summed E-state index contributed by atoms with van der Waals surface area (Å²) < 4.78 is 9.94. The number of ether oxygens (including phenoxy) is 2. The third-order valence-electron chi connectivity index (χ3n) is 2.85. The van der Waals surface area contributed by atoms with Crippen molar-refractivity contribution in [1.82, 2.24) is 0 Å². The van der Waals surface area contributed by atoms with Crippen LogP contribution in [0.4, 0.5) is 0 Å². The quantitative estimate of drug-likeness (QED) is 0.779. The SMILES string of the molecule is COC(=O)COc1cccc2c1CCC2N. The molecule has 0 saturated heterocycles. The van der Waals surface area contributed by atoms with Crippen molar-refractivity contribution < 1.29 is 14.3 Å².